The summed E-state index contributed by atoms with van der Waals surface area (Å²) in [6, 6.07) is -0.101. The van der Waals surface area contributed by atoms with Crippen molar-refractivity contribution >= 4 is 5.91 Å². The van der Waals surface area contributed by atoms with Crippen molar-refractivity contribution in [3.05, 3.63) is 0 Å². The Morgan fingerprint density at radius 2 is 1.77 bits per heavy atom. The van der Waals surface area contributed by atoms with Crippen molar-refractivity contribution in [3.63, 3.8) is 0 Å². The molecule has 3 nitrogen and oxygen atoms in total. The number of hydrogen-bond donors (Lipinski definition) is 2. The van der Waals surface area contributed by atoms with Crippen LogP contribution in [0.1, 0.15) is 57.8 Å². The van der Waals surface area contributed by atoms with E-state index in [-0.39, 0.29) is 30.8 Å². The minimum absolute atomic E-state index is 0.0365. The third kappa shape index (κ3) is 3.58. The van der Waals surface area contributed by atoms with E-state index in [1.54, 1.807) is 0 Å². The van der Waals surface area contributed by atoms with Crippen LogP contribution in [0.5, 0.6) is 0 Å². The van der Waals surface area contributed by atoms with Crippen LogP contribution in [-0.4, -0.2) is 30.2 Å². The van der Waals surface area contributed by atoms with Gasteiger partial charge in [0.15, 0.2) is 0 Å². The highest BCUT2D eigenvalue weighted by atomic mass is 19.4. The number of carbonyl (C=O) groups is 1. The van der Waals surface area contributed by atoms with Crippen LogP contribution in [0.4, 0.5) is 13.2 Å². The molecule has 3 aliphatic rings. The molecule has 0 spiro atoms. The van der Waals surface area contributed by atoms with Crippen molar-refractivity contribution < 1.29 is 18.0 Å². The number of rotatable bonds is 2. The van der Waals surface area contributed by atoms with Crippen molar-refractivity contribution in [2.24, 2.45) is 11.8 Å². The van der Waals surface area contributed by atoms with E-state index in [4.69, 9.17) is 0 Å². The molecule has 22 heavy (non-hydrogen) atoms. The van der Waals surface area contributed by atoms with Crippen molar-refractivity contribution in [1.29, 1.82) is 0 Å². The standard InChI is InChI=1S/C16H25F3N2O/c17-16(18,19)11-5-3-6-12(9-11)20-15(22)14-8-10-4-1-2-7-13(10)21-14/h10-14,21H,1-9H2,(H,20,22). The molecule has 5 atom stereocenters. The quantitative estimate of drug-likeness (QED) is 0.821. The van der Waals surface area contributed by atoms with Crippen molar-refractivity contribution in [3.8, 4) is 0 Å². The predicted molar refractivity (Wildman–Crippen MR) is 77.2 cm³/mol. The Kier molecular flexibility index (Phi) is 4.67. The summed E-state index contributed by atoms with van der Waals surface area (Å²) in [5, 5.41) is 6.26. The van der Waals surface area contributed by atoms with Gasteiger partial charge >= 0.3 is 6.18 Å². The highest BCUT2D eigenvalue weighted by Crippen LogP contribution is 2.38. The van der Waals surface area contributed by atoms with Gasteiger partial charge in [0.1, 0.15) is 0 Å². The third-order valence-corrected chi connectivity index (χ3v) is 5.66. The molecule has 0 radical (unpaired) electrons. The van der Waals surface area contributed by atoms with Gasteiger partial charge in [-0.2, -0.15) is 13.2 Å². The molecule has 1 aliphatic heterocycles. The Morgan fingerprint density at radius 1 is 1.00 bits per heavy atom. The fourth-order valence-electron chi connectivity index (χ4n) is 4.44. The molecule has 0 aromatic rings. The Hall–Kier alpha value is -0.780. The summed E-state index contributed by atoms with van der Waals surface area (Å²) in [5.41, 5.74) is 0. The van der Waals surface area contributed by atoms with Crippen molar-refractivity contribution in [2.45, 2.75) is 82.1 Å². The van der Waals surface area contributed by atoms with E-state index in [0.717, 1.165) is 12.8 Å². The fraction of sp³-hybridized carbons (Fsp3) is 0.938. The minimum atomic E-state index is -4.13. The normalized spacial score (nSPS) is 39.3. The maximum atomic E-state index is 12.8. The molecule has 2 saturated carbocycles. The summed E-state index contributed by atoms with van der Waals surface area (Å²) < 4.78 is 38.5. The number of amides is 1. The molecule has 126 valence electrons. The fourth-order valence-corrected chi connectivity index (χ4v) is 4.44. The second-order valence-electron chi connectivity index (χ2n) is 7.22. The summed E-state index contributed by atoms with van der Waals surface area (Å²) in [6.07, 6.45) is 2.86. The lowest BCUT2D eigenvalue weighted by Crippen LogP contribution is -2.48. The first kappa shape index (κ1) is 16.1. The van der Waals surface area contributed by atoms with Gasteiger partial charge in [0.2, 0.25) is 5.91 Å². The first-order valence-electron chi connectivity index (χ1n) is 8.56. The van der Waals surface area contributed by atoms with Crippen LogP contribution in [0, 0.1) is 11.8 Å². The van der Waals surface area contributed by atoms with Gasteiger partial charge in [-0.25, -0.2) is 0 Å². The molecule has 0 aromatic heterocycles. The highest BCUT2D eigenvalue weighted by Gasteiger charge is 2.43. The van der Waals surface area contributed by atoms with Crippen LogP contribution in [0.25, 0.3) is 0 Å². The van der Waals surface area contributed by atoms with Crippen LogP contribution in [-0.2, 0) is 4.79 Å². The van der Waals surface area contributed by atoms with Gasteiger partial charge in [-0.1, -0.05) is 19.3 Å². The van der Waals surface area contributed by atoms with E-state index in [1.807, 2.05) is 0 Å². The Morgan fingerprint density at radius 3 is 2.50 bits per heavy atom. The summed E-state index contributed by atoms with van der Waals surface area (Å²) in [5.74, 6) is -0.785. The zero-order valence-electron chi connectivity index (χ0n) is 12.8. The van der Waals surface area contributed by atoms with Crippen LogP contribution in [0.2, 0.25) is 0 Å². The summed E-state index contributed by atoms with van der Waals surface area (Å²) in [4.78, 5) is 12.4. The molecule has 2 aliphatic carbocycles. The van der Waals surface area contributed by atoms with E-state index in [9.17, 15) is 18.0 Å². The number of halogens is 3. The zero-order valence-corrected chi connectivity index (χ0v) is 12.8. The van der Waals surface area contributed by atoms with Gasteiger partial charge < -0.3 is 10.6 Å². The predicted octanol–water partition coefficient (Wildman–Crippen LogP) is 3.14. The van der Waals surface area contributed by atoms with Gasteiger partial charge in [-0.15, -0.1) is 0 Å². The monoisotopic (exact) mass is 318 g/mol. The molecule has 0 aromatic carbocycles. The average molecular weight is 318 g/mol. The van der Waals surface area contributed by atoms with Gasteiger partial charge in [-0.3, -0.25) is 4.79 Å². The van der Waals surface area contributed by atoms with Gasteiger partial charge in [0.25, 0.3) is 0 Å². The zero-order chi connectivity index (χ0) is 15.7. The largest absolute Gasteiger partial charge is 0.391 e. The minimum Gasteiger partial charge on any atom is -0.352 e. The molecule has 5 unspecified atom stereocenters. The molecule has 1 saturated heterocycles. The van der Waals surface area contributed by atoms with Gasteiger partial charge in [0.05, 0.1) is 12.0 Å². The molecule has 6 heteroatoms. The van der Waals surface area contributed by atoms with Crippen LogP contribution in [0.15, 0.2) is 0 Å². The Balaban J connectivity index is 1.51. The number of carbonyl (C=O) groups excluding carboxylic acids is 1. The lowest BCUT2D eigenvalue weighted by atomic mass is 9.84. The van der Waals surface area contributed by atoms with E-state index in [0.29, 0.717) is 24.8 Å². The SMILES string of the molecule is O=C(NC1CCCC(C(F)(F)F)C1)C1CC2CCCCC2N1. The molecule has 1 amide bonds. The van der Waals surface area contributed by atoms with E-state index in [2.05, 4.69) is 10.6 Å². The van der Waals surface area contributed by atoms with Crippen molar-refractivity contribution in [2.75, 3.05) is 0 Å². The molecule has 1 heterocycles. The molecule has 3 fully saturated rings. The summed E-state index contributed by atoms with van der Waals surface area (Å²) in [7, 11) is 0. The Labute approximate surface area is 129 Å². The van der Waals surface area contributed by atoms with Crippen LogP contribution < -0.4 is 10.6 Å². The third-order valence-electron chi connectivity index (χ3n) is 5.66. The van der Waals surface area contributed by atoms with Gasteiger partial charge in [0, 0.05) is 12.1 Å². The van der Waals surface area contributed by atoms with Crippen LogP contribution >= 0.6 is 0 Å². The lowest BCUT2D eigenvalue weighted by Gasteiger charge is -2.31. The molecule has 0 bridgehead atoms. The van der Waals surface area contributed by atoms with E-state index < -0.39 is 12.1 Å². The number of fused-ring (bicyclic) bond motifs is 1. The number of hydrogen-bond acceptors (Lipinski definition) is 2. The number of nitrogens with one attached hydrogen (secondary N) is 2. The molecule has 3 rings (SSSR count). The maximum absolute atomic E-state index is 12.8. The molecule has 2 N–H and O–H groups in total. The second kappa shape index (κ2) is 6.38. The first-order valence-corrected chi connectivity index (χ1v) is 8.56. The van der Waals surface area contributed by atoms with Gasteiger partial charge in [-0.05, 0) is 44.4 Å². The lowest BCUT2D eigenvalue weighted by molar-refractivity contribution is -0.184. The molecular formula is C16H25F3N2O. The summed E-state index contributed by atoms with van der Waals surface area (Å²) in [6.45, 7) is 0. The first-order chi connectivity index (χ1) is 10.4. The second-order valence-corrected chi connectivity index (χ2v) is 7.22. The topological polar surface area (TPSA) is 41.1 Å². The highest BCUT2D eigenvalue weighted by molar-refractivity contribution is 5.82. The average Bonchev–Trinajstić information content (AvgIpc) is 2.90. The molecular weight excluding hydrogens is 293 g/mol. The van der Waals surface area contributed by atoms with Crippen molar-refractivity contribution in [1.82, 2.24) is 10.6 Å². The smallest absolute Gasteiger partial charge is 0.352 e. The van der Waals surface area contributed by atoms with E-state index in [1.165, 1.54) is 19.3 Å². The maximum Gasteiger partial charge on any atom is 0.391 e. The van der Waals surface area contributed by atoms with Crippen LogP contribution in [0.3, 0.4) is 0 Å². The number of alkyl halides is 3. The summed E-state index contributed by atoms with van der Waals surface area (Å²) >= 11 is 0. The Bertz CT molecular complexity index is 399. The van der Waals surface area contributed by atoms with E-state index >= 15 is 0 Å².